The molecular weight excluding hydrogens is 141 g/mol. The second-order valence-corrected chi connectivity index (χ2v) is 2.39. The first-order valence-electron chi connectivity index (χ1n) is 3.31. The fourth-order valence-electron chi connectivity index (χ4n) is 0.892. The van der Waals surface area contributed by atoms with Crippen LogP contribution in [-0.4, -0.2) is 12.1 Å². The highest BCUT2D eigenvalue weighted by Crippen LogP contribution is 1.94. The molecule has 0 unspecified atom stereocenters. The number of hydrogen-bond acceptors (Lipinski definition) is 3. The maximum Gasteiger partial charge on any atom is 0.517 e. The van der Waals surface area contributed by atoms with Crippen LogP contribution in [0.5, 0.6) is 0 Å². The number of nitrogens with zero attached hydrogens (tertiary/aromatic N) is 1. The average molecular weight is 149 g/mol. The van der Waals surface area contributed by atoms with Crippen molar-refractivity contribution in [2.45, 2.75) is 6.92 Å². The first kappa shape index (κ1) is 7.95. The Morgan fingerprint density at radius 1 is 1.55 bits per heavy atom. The molecular formula is C7H8BNO2. The van der Waals surface area contributed by atoms with Crippen molar-refractivity contribution in [1.29, 1.82) is 0 Å². The second-order valence-electron chi connectivity index (χ2n) is 2.39. The molecule has 0 fully saturated rings. The van der Waals surface area contributed by atoms with E-state index in [0.717, 1.165) is 5.56 Å². The molecule has 56 valence electrons. The summed E-state index contributed by atoms with van der Waals surface area (Å²) in [5.41, 5.74) is 1.55. The molecule has 0 aliphatic rings. The van der Waals surface area contributed by atoms with Gasteiger partial charge < -0.3 is 5.02 Å². The molecule has 1 aromatic carbocycles. The van der Waals surface area contributed by atoms with Gasteiger partial charge in [0.25, 0.3) is 0 Å². The topological polar surface area (TPSA) is 49.7 Å². The molecule has 0 radical (unpaired) electrons. The molecule has 1 N–H and O–H groups in total. The van der Waals surface area contributed by atoms with Crippen molar-refractivity contribution in [2.75, 3.05) is 0 Å². The van der Waals surface area contributed by atoms with Crippen molar-refractivity contribution in [3.05, 3.63) is 34.7 Å². The van der Waals surface area contributed by atoms with Crippen LogP contribution in [0.2, 0.25) is 0 Å². The van der Waals surface area contributed by atoms with E-state index in [9.17, 15) is 4.91 Å². The molecule has 1 rings (SSSR count). The van der Waals surface area contributed by atoms with Gasteiger partial charge in [-0.15, -0.1) is 0 Å². The van der Waals surface area contributed by atoms with Gasteiger partial charge in [0.05, 0.1) is 0 Å². The minimum absolute atomic E-state index is 0.542. The highest BCUT2D eigenvalue weighted by Gasteiger charge is 2.14. The zero-order chi connectivity index (χ0) is 8.27. The summed E-state index contributed by atoms with van der Waals surface area (Å²) in [6.45, 7) is 1.89. The zero-order valence-corrected chi connectivity index (χ0v) is 6.19. The largest absolute Gasteiger partial charge is 0.517 e. The minimum atomic E-state index is -1.23. The average Bonchev–Trinajstić information content (AvgIpc) is 2.03. The molecule has 0 saturated heterocycles. The van der Waals surface area contributed by atoms with E-state index in [0.29, 0.717) is 5.46 Å². The van der Waals surface area contributed by atoms with E-state index in [1.165, 1.54) is 0 Å². The Labute approximate surface area is 65.2 Å². The van der Waals surface area contributed by atoms with E-state index in [2.05, 4.69) is 5.09 Å². The van der Waals surface area contributed by atoms with Crippen molar-refractivity contribution in [1.82, 2.24) is 0 Å². The highest BCUT2D eigenvalue weighted by molar-refractivity contribution is 6.64. The highest BCUT2D eigenvalue weighted by atomic mass is 16.3. The Kier molecular flexibility index (Phi) is 2.38. The SMILES string of the molecule is Cc1cccc(B(O)N=O)c1. The van der Waals surface area contributed by atoms with E-state index in [1.54, 1.807) is 18.2 Å². The van der Waals surface area contributed by atoms with Crippen molar-refractivity contribution in [3.8, 4) is 0 Å². The van der Waals surface area contributed by atoms with Crippen LogP contribution in [-0.2, 0) is 0 Å². The molecule has 1 aromatic rings. The zero-order valence-electron chi connectivity index (χ0n) is 6.19. The van der Waals surface area contributed by atoms with Gasteiger partial charge in [-0.1, -0.05) is 34.9 Å². The van der Waals surface area contributed by atoms with Gasteiger partial charge >= 0.3 is 7.05 Å². The van der Waals surface area contributed by atoms with E-state index < -0.39 is 7.05 Å². The van der Waals surface area contributed by atoms with Gasteiger partial charge in [0, 0.05) is 0 Å². The van der Waals surface area contributed by atoms with Gasteiger partial charge in [0.15, 0.2) is 0 Å². The first-order valence-corrected chi connectivity index (χ1v) is 3.31. The van der Waals surface area contributed by atoms with Crippen molar-refractivity contribution < 1.29 is 5.02 Å². The molecule has 0 aliphatic carbocycles. The number of aryl methyl sites for hydroxylation is 1. The van der Waals surface area contributed by atoms with Gasteiger partial charge in [0.1, 0.15) is 0 Å². The monoisotopic (exact) mass is 149 g/mol. The van der Waals surface area contributed by atoms with Crippen molar-refractivity contribution in [3.63, 3.8) is 0 Å². The first-order chi connectivity index (χ1) is 5.24. The van der Waals surface area contributed by atoms with Crippen LogP contribution in [0.1, 0.15) is 5.56 Å². The van der Waals surface area contributed by atoms with Gasteiger partial charge in [-0.05, 0) is 12.4 Å². The van der Waals surface area contributed by atoms with Gasteiger partial charge in [-0.2, -0.15) is 4.91 Å². The lowest BCUT2D eigenvalue weighted by Crippen LogP contribution is -2.27. The fraction of sp³-hybridized carbons (Fsp3) is 0.143. The predicted molar refractivity (Wildman–Crippen MR) is 44.6 cm³/mol. The normalized spacial score (nSPS) is 9.27. The molecule has 0 saturated carbocycles. The second kappa shape index (κ2) is 3.30. The summed E-state index contributed by atoms with van der Waals surface area (Å²) in [7, 11) is -1.23. The van der Waals surface area contributed by atoms with Crippen LogP contribution in [0.15, 0.2) is 29.4 Å². The maximum absolute atomic E-state index is 9.92. The number of nitroso groups, excluding NO2 is 1. The summed E-state index contributed by atoms with van der Waals surface area (Å²) in [4.78, 5) is 9.92. The van der Waals surface area contributed by atoms with Crippen LogP contribution in [0.4, 0.5) is 0 Å². The lowest BCUT2D eigenvalue weighted by atomic mass is 9.75. The third kappa shape index (κ3) is 1.88. The Morgan fingerprint density at radius 3 is 2.82 bits per heavy atom. The quantitative estimate of drug-likeness (QED) is 0.490. The van der Waals surface area contributed by atoms with E-state index in [1.807, 2.05) is 13.0 Å². The Balaban J connectivity index is 2.95. The third-order valence-corrected chi connectivity index (χ3v) is 1.44. The van der Waals surface area contributed by atoms with Crippen LogP contribution in [0.3, 0.4) is 0 Å². The lowest BCUT2D eigenvalue weighted by Gasteiger charge is -1.97. The summed E-state index contributed by atoms with van der Waals surface area (Å²) >= 11 is 0. The number of benzene rings is 1. The maximum atomic E-state index is 9.92. The van der Waals surface area contributed by atoms with Gasteiger partial charge in [0.2, 0.25) is 0 Å². The Morgan fingerprint density at radius 2 is 2.27 bits per heavy atom. The van der Waals surface area contributed by atoms with Crippen molar-refractivity contribution in [2.24, 2.45) is 5.09 Å². The standard InChI is InChI=1S/C7H8BNO2/c1-6-3-2-4-7(5-6)8(10)9-11/h2-5,10H,1H3. The van der Waals surface area contributed by atoms with E-state index in [4.69, 9.17) is 5.02 Å². The molecule has 0 heterocycles. The van der Waals surface area contributed by atoms with Crippen molar-refractivity contribution >= 4 is 12.5 Å². The fourth-order valence-corrected chi connectivity index (χ4v) is 0.892. The predicted octanol–water partition coefficient (Wildman–Crippen LogP) is 0.449. The van der Waals surface area contributed by atoms with E-state index >= 15 is 0 Å². The van der Waals surface area contributed by atoms with E-state index in [-0.39, 0.29) is 0 Å². The van der Waals surface area contributed by atoms with Crippen LogP contribution >= 0.6 is 0 Å². The Bertz CT molecular complexity index is 264. The molecule has 0 spiro atoms. The molecule has 0 bridgehead atoms. The summed E-state index contributed by atoms with van der Waals surface area (Å²) in [6.07, 6.45) is 0. The summed E-state index contributed by atoms with van der Waals surface area (Å²) < 4.78 is 0. The van der Waals surface area contributed by atoms with Crippen LogP contribution in [0, 0.1) is 11.8 Å². The summed E-state index contributed by atoms with van der Waals surface area (Å²) in [5, 5.41) is 11.5. The molecule has 3 nitrogen and oxygen atoms in total. The lowest BCUT2D eigenvalue weighted by molar-refractivity contribution is 0.587. The Hall–Kier alpha value is -1.16. The molecule has 0 atom stereocenters. The van der Waals surface area contributed by atoms with Crippen LogP contribution in [0.25, 0.3) is 0 Å². The molecule has 4 heteroatoms. The molecule has 0 aliphatic heterocycles. The number of hydrogen-bond donors (Lipinski definition) is 1. The molecule has 0 amide bonds. The van der Waals surface area contributed by atoms with Gasteiger partial charge in [-0.3, -0.25) is 0 Å². The summed E-state index contributed by atoms with van der Waals surface area (Å²) in [5.74, 6) is 0. The minimum Gasteiger partial charge on any atom is -0.425 e. The number of rotatable bonds is 2. The molecule has 11 heavy (non-hydrogen) atoms. The smallest absolute Gasteiger partial charge is 0.425 e. The van der Waals surface area contributed by atoms with Gasteiger partial charge in [-0.25, -0.2) is 0 Å². The molecule has 0 aromatic heterocycles. The van der Waals surface area contributed by atoms with Crippen LogP contribution < -0.4 is 5.46 Å². The summed E-state index contributed by atoms with van der Waals surface area (Å²) in [6, 6.07) is 7.06. The third-order valence-electron chi connectivity index (χ3n) is 1.44.